The predicted octanol–water partition coefficient (Wildman–Crippen LogP) is 1.09. The molecule has 0 aromatic rings. The number of hydrogen-bond acceptors (Lipinski definition) is 4. The molecule has 1 rings (SSSR count). The average molecular weight is 300 g/mol. The van der Waals surface area contributed by atoms with Crippen molar-refractivity contribution in [3.05, 3.63) is 0 Å². The van der Waals surface area contributed by atoms with Crippen LogP contribution in [0.1, 0.15) is 39.5 Å². The molecule has 0 spiro atoms. The Morgan fingerprint density at radius 1 is 1.33 bits per heavy atom. The SMILES string of the molecule is CC(C)C[C@H](CN)CC(=O)N1CCC(OCC(=O)O)CC1. The number of amides is 1. The zero-order valence-corrected chi connectivity index (χ0v) is 13.1. The Kier molecular flexibility index (Phi) is 7.67. The monoisotopic (exact) mass is 300 g/mol. The molecule has 1 fully saturated rings. The molecule has 1 heterocycles. The maximum absolute atomic E-state index is 12.3. The molecule has 6 heteroatoms. The van der Waals surface area contributed by atoms with Crippen LogP contribution in [-0.2, 0) is 14.3 Å². The van der Waals surface area contributed by atoms with E-state index in [1.165, 1.54) is 0 Å². The Morgan fingerprint density at radius 3 is 2.43 bits per heavy atom. The molecule has 1 aliphatic heterocycles. The van der Waals surface area contributed by atoms with E-state index in [1.54, 1.807) is 0 Å². The van der Waals surface area contributed by atoms with Crippen molar-refractivity contribution in [2.45, 2.75) is 45.6 Å². The average Bonchev–Trinajstić information content (AvgIpc) is 2.44. The van der Waals surface area contributed by atoms with Crippen molar-refractivity contribution in [1.29, 1.82) is 0 Å². The summed E-state index contributed by atoms with van der Waals surface area (Å²) < 4.78 is 5.27. The van der Waals surface area contributed by atoms with Crippen LogP contribution in [0.2, 0.25) is 0 Å². The summed E-state index contributed by atoms with van der Waals surface area (Å²) in [5.74, 6) is -0.00393. The van der Waals surface area contributed by atoms with E-state index in [4.69, 9.17) is 15.6 Å². The first-order valence-electron chi connectivity index (χ1n) is 7.73. The molecule has 0 radical (unpaired) electrons. The van der Waals surface area contributed by atoms with Gasteiger partial charge < -0.3 is 20.5 Å². The molecule has 3 N–H and O–H groups in total. The van der Waals surface area contributed by atoms with Crippen LogP contribution < -0.4 is 5.73 Å². The molecule has 1 atom stereocenters. The molecular formula is C15H28N2O4. The van der Waals surface area contributed by atoms with Crippen LogP contribution in [0.4, 0.5) is 0 Å². The van der Waals surface area contributed by atoms with Gasteiger partial charge in [-0.25, -0.2) is 4.79 Å². The van der Waals surface area contributed by atoms with Gasteiger partial charge in [-0.1, -0.05) is 13.8 Å². The molecule has 0 bridgehead atoms. The highest BCUT2D eigenvalue weighted by molar-refractivity contribution is 5.76. The fraction of sp³-hybridized carbons (Fsp3) is 0.867. The summed E-state index contributed by atoms with van der Waals surface area (Å²) in [6.45, 7) is 5.84. The summed E-state index contributed by atoms with van der Waals surface area (Å²) in [6.07, 6.45) is 2.84. The highest BCUT2D eigenvalue weighted by Gasteiger charge is 2.25. The fourth-order valence-electron chi connectivity index (χ4n) is 2.77. The van der Waals surface area contributed by atoms with Crippen LogP contribution in [0, 0.1) is 11.8 Å². The number of carbonyl (C=O) groups excluding carboxylic acids is 1. The standard InChI is InChI=1S/C15H28N2O4/c1-11(2)7-12(9-16)8-14(18)17-5-3-13(4-6-17)21-10-15(19)20/h11-13H,3-10,16H2,1-2H3,(H,19,20)/t12-/m0/s1. The molecular weight excluding hydrogens is 272 g/mol. The van der Waals surface area contributed by atoms with Crippen LogP contribution in [0.5, 0.6) is 0 Å². The summed E-state index contributed by atoms with van der Waals surface area (Å²) in [4.78, 5) is 24.6. The largest absolute Gasteiger partial charge is 0.480 e. The van der Waals surface area contributed by atoms with Gasteiger partial charge in [-0.15, -0.1) is 0 Å². The smallest absolute Gasteiger partial charge is 0.329 e. The van der Waals surface area contributed by atoms with Crippen molar-refractivity contribution >= 4 is 11.9 Å². The van der Waals surface area contributed by atoms with E-state index >= 15 is 0 Å². The molecule has 122 valence electrons. The van der Waals surface area contributed by atoms with Crippen LogP contribution in [0.15, 0.2) is 0 Å². The van der Waals surface area contributed by atoms with Gasteiger partial charge in [0.25, 0.3) is 0 Å². The number of nitrogens with zero attached hydrogens (tertiary/aromatic N) is 1. The first-order valence-corrected chi connectivity index (χ1v) is 7.73. The minimum absolute atomic E-state index is 0.0499. The van der Waals surface area contributed by atoms with Gasteiger partial charge in [0.15, 0.2) is 0 Å². The van der Waals surface area contributed by atoms with E-state index in [2.05, 4.69) is 13.8 Å². The lowest BCUT2D eigenvalue weighted by atomic mass is 9.93. The number of rotatable bonds is 8. The summed E-state index contributed by atoms with van der Waals surface area (Å²) in [5.41, 5.74) is 5.74. The van der Waals surface area contributed by atoms with Crippen molar-refractivity contribution < 1.29 is 19.4 Å². The molecule has 1 amide bonds. The second-order valence-electron chi connectivity index (χ2n) is 6.22. The van der Waals surface area contributed by atoms with E-state index in [0.717, 1.165) is 6.42 Å². The van der Waals surface area contributed by atoms with Crippen molar-refractivity contribution in [1.82, 2.24) is 4.90 Å². The zero-order valence-electron chi connectivity index (χ0n) is 13.1. The minimum atomic E-state index is -0.951. The Morgan fingerprint density at radius 2 is 1.95 bits per heavy atom. The Bertz CT molecular complexity index is 339. The lowest BCUT2D eigenvalue weighted by molar-refractivity contribution is -0.147. The highest BCUT2D eigenvalue weighted by Crippen LogP contribution is 2.19. The van der Waals surface area contributed by atoms with Crippen LogP contribution in [0.3, 0.4) is 0 Å². The van der Waals surface area contributed by atoms with Crippen LogP contribution in [-0.4, -0.2) is 54.2 Å². The quantitative estimate of drug-likeness (QED) is 0.700. The number of hydrogen-bond donors (Lipinski definition) is 2. The van der Waals surface area contributed by atoms with E-state index < -0.39 is 5.97 Å². The number of carboxylic acids is 1. The first kappa shape index (κ1) is 17.9. The number of aliphatic carboxylic acids is 1. The van der Waals surface area contributed by atoms with E-state index in [9.17, 15) is 9.59 Å². The van der Waals surface area contributed by atoms with Gasteiger partial charge in [0.05, 0.1) is 6.10 Å². The number of carboxylic acid groups (broad SMARTS) is 1. The van der Waals surface area contributed by atoms with Gasteiger partial charge in [0.2, 0.25) is 5.91 Å². The molecule has 1 saturated heterocycles. The summed E-state index contributed by atoms with van der Waals surface area (Å²) in [7, 11) is 0. The topological polar surface area (TPSA) is 92.9 Å². The van der Waals surface area contributed by atoms with Gasteiger partial charge in [0.1, 0.15) is 6.61 Å². The Hall–Kier alpha value is -1.14. The third-order valence-electron chi connectivity index (χ3n) is 3.84. The Labute approximate surface area is 126 Å². The number of piperidine rings is 1. The maximum atomic E-state index is 12.3. The van der Waals surface area contributed by atoms with Gasteiger partial charge in [-0.3, -0.25) is 4.79 Å². The van der Waals surface area contributed by atoms with Crippen molar-refractivity contribution in [3.63, 3.8) is 0 Å². The van der Waals surface area contributed by atoms with E-state index in [0.29, 0.717) is 44.8 Å². The van der Waals surface area contributed by atoms with Gasteiger partial charge in [0, 0.05) is 19.5 Å². The number of likely N-dealkylation sites (tertiary alicyclic amines) is 1. The molecule has 0 aromatic carbocycles. The van der Waals surface area contributed by atoms with Gasteiger partial charge in [-0.05, 0) is 37.6 Å². The number of nitrogens with two attached hydrogens (primary N) is 1. The zero-order chi connectivity index (χ0) is 15.8. The van der Waals surface area contributed by atoms with Crippen LogP contribution in [0.25, 0.3) is 0 Å². The molecule has 1 aliphatic rings. The number of ether oxygens (including phenoxy) is 1. The Balaban J connectivity index is 2.32. The molecule has 0 aromatic heterocycles. The summed E-state index contributed by atoms with van der Waals surface area (Å²) in [5, 5.41) is 8.58. The number of carbonyl (C=O) groups is 2. The van der Waals surface area contributed by atoms with Crippen LogP contribution >= 0.6 is 0 Å². The summed E-state index contributed by atoms with van der Waals surface area (Å²) >= 11 is 0. The van der Waals surface area contributed by atoms with Gasteiger partial charge >= 0.3 is 5.97 Å². The third kappa shape index (κ3) is 6.91. The van der Waals surface area contributed by atoms with Crippen molar-refractivity contribution in [2.75, 3.05) is 26.2 Å². The first-order chi connectivity index (χ1) is 9.92. The second kappa shape index (κ2) is 9.00. The lowest BCUT2D eigenvalue weighted by Gasteiger charge is -2.32. The fourth-order valence-corrected chi connectivity index (χ4v) is 2.77. The molecule has 0 unspecified atom stereocenters. The van der Waals surface area contributed by atoms with Crippen molar-refractivity contribution in [2.24, 2.45) is 17.6 Å². The third-order valence-corrected chi connectivity index (χ3v) is 3.84. The normalized spacial score (nSPS) is 18.0. The highest BCUT2D eigenvalue weighted by atomic mass is 16.5. The minimum Gasteiger partial charge on any atom is -0.480 e. The summed E-state index contributed by atoms with van der Waals surface area (Å²) in [6, 6.07) is 0. The van der Waals surface area contributed by atoms with Gasteiger partial charge in [-0.2, -0.15) is 0 Å². The molecule has 21 heavy (non-hydrogen) atoms. The van der Waals surface area contributed by atoms with E-state index in [1.807, 2.05) is 4.90 Å². The van der Waals surface area contributed by atoms with E-state index in [-0.39, 0.29) is 24.5 Å². The maximum Gasteiger partial charge on any atom is 0.329 e. The molecule has 0 saturated carbocycles. The predicted molar refractivity (Wildman–Crippen MR) is 79.8 cm³/mol. The molecule has 6 nitrogen and oxygen atoms in total. The lowest BCUT2D eigenvalue weighted by Crippen LogP contribution is -2.42. The van der Waals surface area contributed by atoms with Crippen molar-refractivity contribution in [3.8, 4) is 0 Å². The molecule has 0 aliphatic carbocycles. The second-order valence-corrected chi connectivity index (χ2v) is 6.22.